The van der Waals surface area contributed by atoms with Crippen LogP contribution in [0.1, 0.15) is 6.42 Å². The van der Waals surface area contributed by atoms with Gasteiger partial charge in [0.1, 0.15) is 6.17 Å². The molecule has 1 atom stereocenters. The van der Waals surface area contributed by atoms with E-state index < -0.39 is 6.17 Å². The Balaban J connectivity index is 3.38. The lowest BCUT2D eigenvalue weighted by Gasteiger charge is -1.96. The van der Waals surface area contributed by atoms with Gasteiger partial charge in [-0.25, -0.2) is 4.39 Å². The summed E-state index contributed by atoms with van der Waals surface area (Å²) < 4.78 is 12.1. The van der Waals surface area contributed by atoms with Crippen molar-refractivity contribution in [2.75, 3.05) is 0 Å². The molecule has 0 radical (unpaired) electrons. The van der Waals surface area contributed by atoms with Crippen molar-refractivity contribution in [1.82, 2.24) is 0 Å². The first kappa shape index (κ1) is 7.56. The van der Waals surface area contributed by atoms with E-state index in [1.54, 1.807) is 0 Å². The van der Waals surface area contributed by atoms with Crippen LogP contribution in [0.4, 0.5) is 4.39 Å². The highest BCUT2D eigenvalue weighted by atomic mass is 32.1. The van der Waals surface area contributed by atoms with Crippen molar-refractivity contribution in [1.29, 1.82) is 0 Å². The van der Waals surface area contributed by atoms with E-state index in [9.17, 15) is 4.39 Å². The van der Waals surface area contributed by atoms with Crippen molar-refractivity contribution >= 4 is 17.2 Å². The summed E-state index contributed by atoms with van der Waals surface area (Å²) in [5, 5.41) is 0. The lowest BCUT2D eigenvalue weighted by Crippen LogP contribution is -2.12. The third-order valence-electron chi connectivity index (χ3n) is 0.652. The second-order valence-electron chi connectivity index (χ2n) is 1.42. The fourth-order valence-electron chi connectivity index (χ4n) is 0.276. The molecule has 0 aromatic carbocycles. The molecule has 0 saturated carbocycles. The lowest BCUT2D eigenvalue weighted by molar-refractivity contribution is 0.412. The Labute approximate surface area is 53.4 Å². The van der Waals surface area contributed by atoms with Gasteiger partial charge in [-0.15, -0.1) is 6.58 Å². The SMILES string of the molecule is C=CC(F)CC(N)=S. The van der Waals surface area contributed by atoms with Crippen molar-refractivity contribution < 1.29 is 4.39 Å². The summed E-state index contributed by atoms with van der Waals surface area (Å²) in [7, 11) is 0. The number of rotatable bonds is 3. The van der Waals surface area contributed by atoms with Gasteiger partial charge in [0, 0.05) is 6.42 Å². The Morgan fingerprint density at radius 3 is 2.62 bits per heavy atom. The minimum Gasteiger partial charge on any atom is -0.393 e. The summed E-state index contributed by atoms with van der Waals surface area (Å²) in [6.07, 6.45) is 0.213. The van der Waals surface area contributed by atoms with E-state index in [1.165, 1.54) is 6.08 Å². The van der Waals surface area contributed by atoms with E-state index in [-0.39, 0.29) is 11.4 Å². The topological polar surface area (TPSA) is 26.0 Å². The molecule has 0 spiro atoms. The summed E-state index contributed by atoms with van der Waals surface area (Å²) >= 11 is 4.43. The average Bonchev–Trinajstić information content (AvgIpc) is 1.65. The van der Waals surface area contributed by atoms with Crippen LogP contribution in [0.3, 0.4) is 0 Å². The van der Waals surface area contributed by atoms with Crippen LogP contribution < -0.4 is 5.73 Å². The molecule has 1 unspecified atom stereocenters. The molecule has 0 aliphatic heterocycles. The maximum absolute atomic E-state index is 12.1. The minimum atomic E-state index is -1.08. The second-order valence-corrected chi connectivity index (χ2v) is 1.95. The monoisotopic (exact) mass is 133 g/mol. The molecule has 0 aliphatic rings. The Morgan fingerprint density at radius 2 is 2.50 bits per heavy atom. The molecule has 0 bridgehead atoms. The molecular weight excluding hydrogens is 125 g/mol. The van der Waals surface area contributed by atoms with Gasteiger partial charge in [0.2, 0.25) is 0 Å². The van der Waals surface area contributed by atoms with Crippen LogP contribution in [0.2, 0.25) is 0 Å². The minimum absolute atomic E-state index is 0.110. The van der Waals surface area contributed by atoms with Crippen LogP contribution in [0.25, 0.3) is 0 Å². The van der Waals surface area contributed by atoms with Gasteiger partial charge in [-0.05, 0) is 0 Å². The predicted molar refractivity (Wildman–Crippen MR) is 36.5 cm³/mol. The highest BCUT2D eigenvalue weighted by Crippen LogP contribution is 1.96. The maximum atomic E-state index is 12.1. The zero-order valence-corrected chi connectivity index (χ0v) is 5.25. The van der Waals surface area contributed by atoms with Gasteiger partial charge in [-0.2, -0.15) is 0 Å². The molecule has 2 N–H and O–H groups in total. The summed E-state index contributed by atoms with van der Waals surface area (Å²) in [5.41, 5.74) is 5.01. The number of nitrogens with two attached hydrogens (primary N) is 1. The number of alkyl halides is 1. The van der Waals surface area contributed by atoms with E-state index in [2.05, 4.69) is 18.8 Å². The Morgan fingerprint density at radius 1 is 2.00 bits per heavy atom. The van der Waals surface area contributed by atoms with Crippen molar-refractivity contribution in [3.05, 3.63) is 12.7 Å². The molecule has 0 rings (SSSR count). The molecule has 0 aromatic rings. The van der Waals surface area contributed by atoms with E-state index in [0.717, 1.165) is 0 Å². The fourth-order valence-corrected chi connectivity index (χ4v) is 0.435. The van der Waals surface area contributed by atoms with E-state index >= 15 is 0 Å². The van der Waals surface area contributed by atoms with E-state index in [1.807, 2.05) is 0 Å². The van der Waals surface area contributed by atoms with Gasteiger partial charge in [0.05, 0.1) is 4.99 Å². The van der Waals surface area contributed by atoms with Gasteiger partial charge in [-0.3, -0.25) is 0 Å². The van der Waals surface area contributed by atoms with Crippen LogP contribution in [0, 0.1) is 0 Å². The zero-order chi connectivity index (χ0) is 6.57. The molecule has 0 amide bonds. The number of allylic oxidation sites excluding steroid dienone is 1. The third-order valence-corrected chi connectivity index (χ3v) is 0.819. The number of halogens is 1. The first-order valence-electron chi connectivity index (χ1n) is 2.21. The lowest BCUT2D eigenvalue weighted by atomic mass is 10.3. The van der Waals surface area contributed by atoms with Gasteiger partial charge < -0.3 is 5.73 Å². The molecule has 1 nitrogen and oxygen atoms in total. The fraction of sp³-hybridized carbons (Fsp3) is 0.400. The molecule has 0 aliphatic carbocycles. The van der Waals surface area contributed by atoms with Crippen molar-refractivity contribution in [2.45, 2.75) is 12.6 Å². The van der Waals surface area contributed by atoms with Crippen molar-refractivity contribution in [2.24, 2.45) is 5.73 Å². The molecule has 0 saturated heterocycles. The standard InChI is InChI=1S/C5H8FNS/c1-2-4(6)3-5(7)8/h2,4H,1,3H2,(H2,7,8). The predicted octanol–water partition coefficient (Wildman–Crippen LogP) is 1.19. The highest BCUT2D eigenvalue weighted by Gasteiger charge is 1.99. The van der Waals surface area contributed by atoms with Gasteiger partial charge in [0.15, 0.2) is 0 Å². The molecule has 0 heterocycles. The molecule has 0 fully saturated rings. The van der Waals surface area contributed by atoms with Crippen LogP contribution in [0.15, 0.2) is 12.7 Å². The van der Waals surface area contributed by atoms with Crippen molar-refractivity contribution in [3.63, 3.8) is 0 Å². The Hall–Kier alpha value is -0.440. The molecule has 3 heteroatoms. The van der Waals surface area contributed by atoms with Crippen LogP contribution in [0.5, 0.6) is 0 Å². The quantitative estimate of drug-likeness (QED) is 0.462. The normalized spacial score (nSPS) is 12.6. The summed E-state index contributed by atoms with van der Waals surface area (Å²) in [6, 6.07) is 0. The summed E-state index contributed by atoms with van der Waals surface area (Å²) in [5.74, 6) is 0. The van der Waals surface area contributed by atoms with Gasteiger partial charge in [-0.1, -0.05) is 18.3 Å². The van der Waals surface area contributed by atoms with E-state index in [4.69, 9.17) is 5.73 Å². The van der Waals surface area contributed by atoms with Crippen LogP contribution in [-0.2, 0) is 0 Å². The van der Waals surface area contributed by atoms with Gasteiger partial charge >= 0.3 is 0 Å². The average molecular weight is 133 g/mol. The Kier molecular flexibility index (Phi) is 3.35. The van der Waals surface area contributed by atoms with Crippen molar-refractivity contribution in [3.8, 4) is 0 Å². The maximum Gasteiger partial charge on any atom is 0.124 e. The number of hydrogen-bond donors (Lipinski definition) is 1. The third kappa shape index (κ3) is 3.74. The molecule has 8 heavy (non-hydrogen) atoms. The second kappa shape index (κ2) is 3.55. The molecule has 0 aromatic heterocycles. The van der Waals surface area contributed by atoms with Crippen LogP contribution >= 0.6 is 12.2 Å². The first-order chi connectivity index (χ1) is 3.66. The zero-order valence-electron chi connectivity index (χ0n) is 4.43. The highest BCUT2D eigenvalue weighted by molar-refractivity contribution is 7.80. The number of thiocarbonyl (C=S) groups is 1. The smallest absolute Gasteiger partial charge is 0.124 e. The van der Waals surface area contributed by atoms with Gasteiger partial charge in [0.25, 0.3) is 0 Å². The van der Waals surface area contributed by atoms with E-state index in [0.29, 0.717) is 0 Å². The summed E-state index contributed by atoms with van der Waals surface area (Å²) in [4.78, 5) is 0.192. The molecular formula is C5H8FNS. The summed E-state index contributed by atoms with van der Waals surface area (Å²) in [6.45, 7) is 3.22. The molecule has 46 valence electrons. The Bertz CT molecular complexity index is 103. The number of hydrogen-bond acceptors (Lipinski definition) is 1. The largest absolute Gasteiger partial charge is 0.393 e. The van der Waals surface area contributed by atoms with Crippen LogP contribution in [-0.4, -0.2) is 11.2 Å². The first-order valence-corrected chi connectivity index (χ1v) is 2.62.